The van der Waals surface area contributed by atoms with Crippen LogP contribution in [-0.4, -0.2) is 23.6 Å². The Kier molecular flexibility index (Phi) is 2.95. The van der Waals surface area contributed by atoms with E-state index in [9.17, 15) is 4.39 Å². The molecule has 100 valence electrons. The molecule has 1 saturated carbocycles. The Hall–Kier alpha value is -1.39. The fourth-order valence-electron chi connectivity index (χ4n) is 2.65. The molecule has 1 fully saturated rings. The molecule has 1 aromatic rings. The van der Waals surface area contributed by atoms with Gasteiger partial charge >= 0.3 is 0 Å². The first-order valence-electron chi connectivity index (χ1n) is 6.25. The lowest BCUT2D eigenvalue weighted by Gasteiger charge is -2.08. The molecule has 2 rings (SSSR count). The molecule has 0 radical (unpaired) electrons. The van der Waals surface area contributed by atoms with Crippen LogP contribution >= 0.6 is 0 Å². The molecule has 0 amide bonds. The standard InChI is InChI=1S/C13H21FN4/c1-12(2)9(13(12,3)4)7-16-10-8(14)6-17-11(15-5)18-10/h6,9H,7H2,1-5H3,(H2,15,16,17,18). The van der Waals surface area contributed by atoms with E-state index in [1.54, 1.807) is 7.05 Å². The molecule has 2 N–H and O–H groups in total. The average Bonchev–Trinajstić information content (AvgIpc) is 2.69. The van der Waals surface area contributed by atoms with Crippen LogP contribution in [0.1, 0.15) is 27.7 Å². The van der Waals surface area contributed by atoms with Gasteiger partial charge < -0.3 is 10.6 Å². The molecule has 0 aromatic carbocycles. The summed E-state index contributed by atoms with van der Waals surface area (Å²) in [5.41, 5.74) is 0.574. The van der Waals surface area contributed by atoms with E-state index < -0.39 is 5.82 Å². The number of hydrogen-bond donors (Lipinski definition) is 2. The Morgan fingerprint density at radius 3 is 2.39 bits per heavy atom. The molecule has 0 bridgehead atoms. The van der Waals surface area contributed by atoms with Gasteiger partial charge in [0.2, 0.25) is 5.95 Å². The van der Waals surface area contributed by atoms with E-state index in [2.05, 4.69) is 48.3 Å². The number of aromatic nitrogens is 2. The van der Waals surface area contributed by atoms with Gasteiger partial charge in [0.05, 0.1) is 6.20 Å². The lowest BCUT2D eigenvalue weighted by molar-refractivity contribution is 0.457. The summed E-state index contributed by atoms with van der Waals surface area (Å²) in [5.74, 6) is 0.809. The normalized spacial score (nSPS) is 20.6. The van der Waals surface area contributed by atoms with Gasteiger partial charge in [0, 0.05) is 13.6 Å². The lowest BCUT2D eigenvalue weighted by Crippen LogP contribution is -2.12. The summed E-state index contributed by atoms with van der Waals surface area (Å²) in [6, 6.07) is 0. The number of nitrogens with zero attached hydrogens (tertiary/aromatic N) is 2. The maximum absolute atomic E-state index is 13.5. The summed E-state index contributed by atoms with van der Waals surface area (Å²) >= 11 is 0. The third kappa shape index (κ3) is 1.91. The molecule has 1 aromatic heterocycles. The predicted octanol–water partition coefficient (Wildman–Crippen LogP) is 2.75. The molecule has 0 spiro atoms. The topological polar surface area (TPSA) is 49.8 Å². The molecule has 1 aliphatic rings. The molecule has 0 saturated heterocycles. The fourth-order valence-corrected chi connectivity index (χ4v) is 2.65. The molecular weight excluding hydrogens is 231 g/mol. The van der Waals surface area contributed by atoms with Crippen LogP contribution in [0.15, 0.2) is 6.20 Å². The highest BCUT2D eigenvalue weighted by atomic mass is 19.1. The predicted molar refractivity (Wildman–Crippen MR) is 71.1 cm³/mol. The van der Waals surface area contributed by atoms with Gasteiger partial charge in [0.1, 0.15) is 0 Å². The molecule has 18 heavy (non-hydrogen) atoms. The number of hydrogen-bond acceptors (Lipinski definition) is 4. The van der Waals surface area contributed by atoms with Gasteiger partial charge in [-0.05, 0) is 16.7 Å². The van der Waals surface area contributed by atoms with Crippen LogP contribution in [0, 0.1) is 22.6 Å². The van der Waals surface area contributed by atoms with Gasteiger partial charge in [-0.2, -0.15) is 4.98 Å². The van der Waals surface area contributed by atoms with E-state index in [1.807, 2.05) is 0 Å². The maximum atomic E-state index is 13.5. The summed E-state index contributed by atoms with van der Waals surface area (Å²) < 4.78 is 13.5. The van der Waals surface area contributed by atoms with Crippen molar-refractivity contribution < 1.29 is 4.39 Å². The second-order valence-electron chi connectivity index (χ2n) is 6.02. The maximum Gasteiger partial charge on any atom is 0.224 e. The van der Waals surface area contributed by atoms with Gasteiger partial charge in [-0.3, -0.25) is 0 Å². The largest absolute Gasteiger partial charge is 0.367 e. The number of nitrogens with one attached hydrogen (secondary N) is 2. The van der Waals surface area contributed by atoms with Crippen molar-refractivity contribution in [1.82, 2.24) is 9.97 Å². The monoisotopic (exact) mass is 252 g/mol. The summed E-state index contributed by atoms with van der Waals surface area (Å²) in [6.45, 7) is 9.71. The van der Waals surface area contributed by atoms with Crippen LogP contribution in [0.25, 0.3) is 0 Å². The van der Waals surface area contributed by atoms with Gasteiger partial charge in [0.15, 0.2) is 11.6 Å². The molecule has 1 aliphatic carbocycles. The Morgan fingerprint density at radius 2 is 1.89 bits per heavy atom. The first-order valence-corrected chi connectivity index (χ1v) is 6.25. The molecule has 0 aliphatic heterocycles. The van der Waals surface area contributed by atoms with Crippen molar-refractivity contribution in [3.05, 3.63) is 12.0 Å². The zero-order valence-corrected chi connectivity index (χ0v) is 11.6. The first kappa shape index (κ1) is 13.1. The Morgan fingerprint density at radius 1 is 1.28 bits per heavy atom. The zero-order valence-electron chi connectivity index (χ0n) is 11.6. The summed E-state index contributed by atoms with van der Waals surface area (Å²) in [6.07, 6.45) is 1.18. The number of anilines is 2. The van der Waals surface area contributed by atoms with E-state index in [0.717, 1.165) is 6.54 Å². The minimum atomic E-state index is -0.412. The molecule has 0 unspecified atom stereocenters. The highest BCUT2D eigenvalue weighted by Gasteiger charge is 2.64. The Bertz CT molecular complexity index is 442. The Balaban J connectivity index is 2.04. The van der Waals surface area contributed by atoms with Crippen molar-refractivity contribution in [2.24, 2.45) is 16.7 Å². The minimum Gasteiger partial charge on any atom is -0.367 e. The van der Waals surface area contributed by atoms with Gasteiger partial charge in [-0.15, -0.1) is 0 Å². The van der Waals surface area contributed by atoms with E-state index in [-0.39, 0.29) is 16.6 Å². The van der Waals surface area contributed by atoms with Crippen LogP contribution in [0.5, 0.6) is 0 Å². The van der Waals surface area contributed by atoms with Gasteiger partial charge in [-0.25, -0.2) is 9.37 Å². The first-order chi connectivity index (χ1) is 8.30. The zero-order chi connectivity index (χ0) is 13.6. The third-order valence-electron chi connectivity index (χ3n) is 4.76. The van der Waals surface area contributed by atoms with E-state index >= 15 is 0 Å². The van der Waals surface area contributed by atoms with Crippen LogP contribution < -0.4 is 10.6 Å². The second kappa shape index (κ2) is 4.07. The van der Waals surface area contributed by atoms with Crippen molar-refractivity contribution in [3.8, 4) is 0 Å². The Labute approximate surface area is 107 Å². The smallest absolute Gasteiger partial charge is 0.224 e. The highest BCUT2D eigenvalue weighted by molar-refractivity contribution is 5.41. The fraction of sp³-hybridized carbons (Fsp3) is 0.692. The van der Waals surface area contributed by atoms with E-state index in [0.29, 0.717) is 11.9 Å². The summed E-state index contributed by atoms with van der Waals surface area (Å²) in [7, 11) is 1.71. The van der Waals surface area contributed by atoms with Crippen molar-refractivity contribution in [2.45, 2.75) is 27.7 Å². The quantitative estimate of drug-likeness (QED) is 0.865. The summed E-state index contributed by atoms with van der Waals surface area (Å²) in [5, 5.41) is 5.90. The average molecular weight is 252 g/mol. The molecule has 0 atom stereocenters. The SMILES string of the molecule is CNc1ncc(F)c(NCC2C(C)(C)C2(C)C)n1. The highest BCUT2D eigenvalue weighted by Crippen LogP contribution is 2.68. The second-order valence-corrected chi connectivity index (χ2v) is 6.02. The van der Waals surface area contributed by atoms with E-state index in [1.165, 1.54) is 6.20 Å². The number of rotatable bonds is 4. The van der Waals surface area contributed by atoms with Crippen molar-refractivity contribution in [3.63, 3.8) is 0 Å². The van der Waals surface area contributed by atoms with Crippen LogP contribution in [0.4, 0.5) is 16.2 Å². The van der Waals surface area contributed by atoms with Crippen LogP contribution in [-0.2, 0) is 0 Å². The van der Waals surface area contributed by atoms with Gasteiger partial charge in [0.25, 0.3) is 0 Å². The van der Waals surface area contributed by atoms with Crippen molar-refractivity contribution in [2.75, 3.05) is 24.2 Å². The van der Waals surface area contributed by atoms with E-state index in [4.69, 9.17) is 0 Å². The molecule has 5 heteroatoms. The van der Waals surface area contributed by atoms with Crippen molar-refractivity contribution >= 4 is 11.8 Å². The third-order valence-corrected chi connectivity index (χ3v) is 4.76. The lowest BCUT2D eigenvalue weighted by atomic mass is 10.0. The van der Waals surface area contributed by atoms with Crippen molar-refractivity contribution in [1.29, 1.82) is 0 Å². The van der Waals surface area contributed by atoms with Crippen LogP contribution in [0.2, 0.25) is 0 Å². The summed E-state index contributed by atoms with van der Waals surface area (Å²) in [4.78, 5) is 7.90. The van der Waals surface area contributed by atoms with Crippen LogP contribution in [0.3, 0.4) is 0 Å². The van der Waals surface area contributed by atoms with Gasteiger partial charge in [-0.1, -0.05) is 27.7 Å². The molecule has 1 heterocycles. The number of halogens is 1. The molecule has 4 nitrogen and oxygen atoms in total. The molecular formula is C13H21FN4. The minimum absolute atomic E-state index is 0.271.